The Balaban J connectivity index is 3.41. The van der Waals surface area contributed by atoms with Crippen LogP contribution in [0.4, 0.5) is 18.9 Å². The average Bonchev–Trinajstić information content (AvgIpc) is 2.18. The number of benzene rings is 1. The number of nitro groups is 1. The molecule has 0 unspecified atom stereocenters. The molecule has 0 heterocycles. The molecule has 0 aliphatic rings. The molecule has 0 atom stereocenters. The molecule has 0 saturated carbocycles. The lowest BCUT2D eigenvalue weighted by Gasteiger charge is -2.13. The third-order valence-corrected chi connectivity index (χ3v) is 1.88. The van der Waals surface area contributed by atoms with E-state index in [0.717, 1.165) is 0 Å². The quantitative estimate of drug-likeness (QED) is 0.662. The summed E-state index contributed by atoms with van der Waals surface area (Å²) in [5.74, 6) is -1.73. The number of alkyl halides is 3. The van der Waals surface area contributed by atoms with Gasteiger partial charge in [-0.05, 0) is 6.92 Å². The maximum absolute atomic E-state index is 12.5. The van der Waals surface area contributed by atoms with Crippen LogP contribution in [0, 0.1) is 10.1 Å². The van der Waals surface area contributed by atoms with Crippen LogP contribution in [0.25, 0.3) is 0 Å². The molecule has 0 amide bonds. The summed E-state index contributed by atoms with van der Waals surface area (Å²) in [6, 6.07) is 0.838. The fourth-order valence-corrected chi connectivity index (χ4v) is 1.20. The van der Waals surface area contributed by atoms with Gasteiger partial charge in [-0.2, -0.15) is 13.2 Å². The Kier molecular flexibility index (Phi) is 3.45. The van der Waals surface area contributed by atoms with E-state index in [2.05, 4.69) is 4.74 Å². The molecular formula is C9H8F3NO4. The third kappa shape index (κ3) is 2.77. The van der Waals surface area contributed by atoms with E-state index in [1.54, 1.807) is 0 Å². The van der Waals surface area contributed by atoms with Crippen molar-refractivity contribution in [3.05, 3.63) is 27.8 Å². The Labute approximate surface area is 93.6 Å². The fourth-order valence-electron chi connectivity index (χ4n) is 1.20. The van der Waals surface area contributed by atoms with Crippen LogP contribution in [0.15, 0.2) is 12.1 Å². The van der Waals surface area contributed by atoms with Gasteiger partial charge in [0.1, 0.15) is 11.3 Å². The molecule has 0 saturated heterocycles. The van der Waals surface area contributed by atoms with E-state index < -0.39 is 33.8 Å². The highest BCUT2D eigenvalue weighted by Gasteiger charge is 2.37. The lowest BCUT2D eigenvalue weighted by molar-refractivity contribution is -0.386. The van der Waals surface area contributed by atoms with Crippen molar-refractivity contribution in [1.82, 2.24) is 0 Å². The van der Waals surface area contributed by atoms with Crippen molar-refractivity contribution in [3.8, 4) is 11.5 Å². The summed E-state index contributed by atoms with van der Waals surface area (Å²) in [4.78, 5) is 9.46. The summed E-state index contributed by atoms with van der Waals surface area (Å²) in [6.45, 7) is 1.36. The first-order valence-corrected chi connectivity index (χ1v) is 4.48. The number of nitro benzene ring substituents is 1. The monoisotopic (exact) mass is 251 g/mol. The molecule has 0 radical (unpaired) electrons. The number of ether oxygens (including phenoxy) is 1. The second-order valence-electron chi connectivity index (χ2n) is 3.02. The number of nitrogens with zero attached hydrogens (tertiary/aromatic N) is 1. The Morgan fingerprint density at radius 2 is 2.06 bits per heavy atom. The number of phenolic OH excluding ortho intramolecular Hbond substituents is 1. The molecule has 0 fully saturated rings. The van der Waals surface area contributed by atoms with E-state index in [1.807, 2.05) is 0 Å². The van der Waals surface area contributed by atoms with Crippen molar-refractivity contribution in [2.45, 2.75) is 13.1 Å². The Morgan fingerprint density at radius 1 is 1.47 bits per heavy atom. The van der Waals surface area contributed by atoms with Gasteiger partial charge in [0.2, 0.25) is 0 Å². The second kappa shape index (κ2) is 4.48. The molecule has 1 N–H and O–H groups in total. The highest BCUT2D eigenvalue weighted by molar-refractivity contribution is 5.55. The molecule has 0 aromatic heterocycles. The van der Waals surface area contributed by atoms with Gasteiger partial charge in [-0.15, -0.1) is 0 Å². The number of halogens is 3. The van der Waals surface area contributed by atoms with Crippen molar-refractivity contribution < 1.29 is 27.9 Å². The molecule has 0 aliphatic heterocycles. The van der Waals surface area contributed by atoms with Crippen LogP contribution in [0.3, 0.4) is 0 Å². The standard InChI is InChI=1S/C9H8F3NO4/c1-2-17-8-4-6(13(15)16)7(14)3-5(8)9(10,11)12/h3-4,14H,2H2,1H3. The molecule has 1 rings (SSSR count). The van der Waals surface area contributed by atoms with Gasteiger partial charge in [0, 0.05) is 6.07 Å². The molecule has 1 aromatic rings. The van der Waals surface area contributed by atoms with Crippen LogP contribution in [0.2, 0.25) is 0 Å². The zero-order valence-corrected chi connectivity index (χ0v) is 8.61. The summed E-state index contributed by atoms with van der Waals surface area (Å²) < 4.78 is 42.2. The highest BCUT2D eigenvalue weighted by atomic mass is 19.4. The van der Waals surface area contributed by atoms with Gasteiger partial charge < -0.3 is 9.84 Å². The molecule has 0 bridgehead atoms. The molecule has 0 aliphatic carbocycles. The van der Waals surface area contributed by atoms with Crippen molar-refractivity contribution in [1.29, 1.82) is 0 Å². The highest BCUT2D eigenvalue weighted by Crippen LogP contribution is 2.42. The number of hydrogen-bond donors (Lipinski definition) is 1. The first kappa shape index (κ1) is 13.1. The van der Waals surface area contributed by atoms with Gasteiger partial charge in [-0.1, -0.05) is 0 Å². The largest absolute Gasteiger partial charge is 0.502 e. The smallest absolute Gasteiger partial charge is 0.420 e. The van der Waals surface area contributed by atoms with Crippen LogP contribution in [-0.2, 0) is 6.18 Å². The van der Waals surface area contributed by atoms with Crippen LogP contribution in [0.5, 0.6) is 11.5 Å². The van der Waals surface area contributed by atoms with E-state index in [0.29, 0.717) is 6.07 Å². The molecule has 0 spiro atoms. The first-order valence-electron chi connectivity index (χ1n) is 4.48. The molecule has 94 valence electrons. The van der Waals surface area contributed by atoms with Crippen molar-refractivity contribution in [3.63, 3.8) is 0 Å². The number of hydrogen-bond acceptors (Lipinski definition) is 4. The van der Waals surface area contributed by atoms with Gasteiger partial charge in [0.25, 0.3) is 0 Å². The second-order valence-corrected chi connectivity index (χ2v) is 3.02. The lowest BCUT2D eigenvalue weighted by Crippen LogP contribution is -2.09. The maximum Gasteiger partial charge on any atom is 0.420 e. The maximum atomic E-state index is 12.5. The number of phenols is 1. The molecule has 17 heavy (non-hydrogen) atoms. The van der Waals surface area contributed by atoms with Crippen LogP contribution in [0.1, 0.15) is 12.5 Å². The summed E-state index contributed by atoms with van der Waals surface area (Å²) in [7, 11) is 0. The molecule has 5 nitrogen and oxygen atoms in total. The van der Waals surface area contributed by atoms with E-state index in [1.165, 1.54) is 6.92 Å². The van der Waals surface area contributed by atoms with Crippen molar-refractivity contribution in [2.24, 2.45) is 0 Å². The summed E-state index contributed by atoms with van der Waals surface area (Å²) in [5.41, 5.74) is -2.08. The van der Waals surface area contributed by atoms with E-state index in [4.69, 9.17) is 5.11 Å². The normalized spacial score (nSPS) is 11.3. The fraction of sp³-hybridized carbons (Fsp3) is 0.333. The van der Waals surface area contributed by atoms with E-state index in [9.17, 15) is 23.3 Å². The predicted molar refractivity (Wildman–Crippen MR) is 50.9 cm³/mol. The Bertz CT molecular complexity index is 445. The first-order chi connectivity index (χ1) is 7.77. The zero-order valence-electron chi connectivity index (χ0n) is 8.61. The molecule has 8 heteroatoms. The minimum atomic E-state index is -4.75. The molecular weight excluding hydrogens is 243 g/mol. The van der Waals surface area contributed by atoms with Gasteiger partial charge >= 0.3 is 11.9 Å². The predicted octanol–water partition coefficient (Wildman–Crippen LogP) is 2.72. The third-order valence-electron chi connectivity index (χ3n) is 1.88. The van der Waals surface area contributed by atoms with Gasteiger partial charge in [0.15, 0.2) is 5.75 Å². The zero-order chi connectivity index (χ0) is 13.2. The van der Waals surface area contributed by atoms with Gasteiger partial charge in [0.05, 0.1) is 17.6 Å². The Morgan fingerprint density at radius 3 is 2.47 bits per heavy atom. The van der Waals surface area contributed by atoms with Crippen LogP contribution in [-0.4, -0.2) is 16.6 Å². The van der Waals surface area contributed by atoms with E-state index in [-0.39, 0.29) is 12.7 Å². The number of rotatable bonds is 3. The molecule has 1 aromatic carbocycles. The van der Waals surface area contributed by atoms with E-state index >= 15 is 0 Å². The lowest BCUT2D eigenvalue weighted by atomic mass is 10.1. The minimum Gasteiger partial charge on any atom is -0.502 e. The van der Waals surface area contributed by atoms with Crippen LogP contribution >= 0.6 is 0 Å². The SMILES string of the molecule is CCOc1cc([N+](=O)[O-])c(O)cc1C(F)(F)F. The van der Waals surface area contributed by atoms with Gasteiger partial charge in [-0.25, -0.2) is 0 Å². The average molecular weight is 251 g/mol. The summed E-state index contributed by atoms with van der Waals surface area (Å²) in [5, 5.41) is 19.6. The summed E-state index contributed by atoms with van der Waals surface area (Å²) >= 11 is 0. The number of aromatic hydroxyl groups is 1. The van der Waals surface area contributed by atoms with Crippen molar-refractivity contribution >= 4 is 5.69 Å². The van der Waals surface area contributed by atoms with Crippen LogP contribution < -0.4 is 4.74 Å². The van der Waals surface area contributed by atoms with Gasteiger partial charge in [-0.3, -0.25) is 10.1 Å². The Hall–Kier alpha value is -1.99. The van der Waals surface area contributed by atoms with Crippen molar-refractivity contribution in [2.75, 3.05) is 6.61 Å². The minimum absolute atomic E-state index is 0.0784. The summed E-state index contributed by atoms with van der Waals surface area (Å²) in [6.07, 6.45) is -4.75. The topological polar surface area (TPSA) is 72.6 Å².